The zero-order valence-electron chi connectivity index (χ0n) is 18.0. The maximum Gasteiger partial charge on any atom is 0.133 e. The minimum absolute atomic E-state index is 0.786. The number of pyridine rings is 1. The van der Waals surface area contributed by atoms with Crippen LogP contribution in [0.15, 0.2) is 41.7 Å². The first-order valence-corrected chi connectivity index (χ1v) is 13.3. The van der Waals surface area contributed by atoms with E-state index in [-0.39, 0.29) is 0 Å². The van der Waals surface area contributed by atoms with Gasteiger partial charge in [0, 0.05) is 24.2 Å². The largest absolute Gasteiger partial charge is 0.378 e. The summed E-state index contributed by atoms with van der Waals surface area (Å²) in [5.74, 6) is 2.20. The van der Waals surface area contributed by atoms with E-state index in [0.717, 1.165) is 66.7 Å². The molecule has 0 N–H and O–H groups in total. The Hall–Kier alpha value is -2.22. The maximum atomic E-state index is 5.60. The first-order chi connectivity index (χ1) is 15.9. The molecule has 7 heteroatoms. The third-order valence-corrected chi connectivity index (χ3v) is 8.65. The van der Waals surface area contributed by atoms with Gasteiger partial charge in [0.25, 0.3) is 0 Å². The van der Waals surface area contributed by atoms with Crippen molar-refractivity contribution in [1.82, 2.24) is 15.0 Å². The lowest BCUT2D eigenvalue weighted by Crippen LogP contribution is -2.37. The van der Waals surface area contributed by atoms with Gasteiger partial charge in [-0.2, -0.15) is 0 Å². The Kier molecular flexibility index (Phi) is 5.71. The topological polar surface area (TPSA) is 51.1 Å². The van der Waals surface area contributed by atoms with Crippen molar-refractivity contribution in [2.45, 2.75) is 37.1 Å². The van der Waals surface area contributed by atoms with Gasteiger partial charge in [-0.15, -0.1) is 23.1 Å². The van der Waals surface area contributed by atoms with E-state index >= 15 is 0 Å². The fourth-order valence-corrected chi connectivity index (χ4v) is 7.09. The second kappa shape index (κ2) is 8.96. The Labute approximate surface area is 196 Å². The van der Waals surface area contributed by atoms with E-state index in [1.165, 1.54) is 45.4 Å². The van der Waals surface area contributed by atoms with Crippen molar-refractivity contribution < 1.29 is 4.74 Å². The van der Waals surface area contributed by atoms with Gasteiger partial charge in [-0.25, -0.2) is 15.0 Å². The van der Waals surface area contributed by atoms with Crippen LogP contribution in [0.3, 0.4) is 0 Å². The average Bonchev–Trinajstić information content (AvgIpc) is 3.24. The van der Waals surface area contributed by atoms with Crippen LogP contribution in [0.5, 0.6) is 0 Å². The number of rotatable bonds is 5. The molecule has 1 aliphatic carbocycles. The van der Waals surface area contributed by atoms with Crippen LogP contribution in [0.4, 0.5) is 5.82 Å². The molecule has 0 unspecified atom stereocenters. The lowest BCUT2D eigenvalue weighted by atomic mass is 9.90. The van der Waals surface area contributed by atoms with Gasteiger partial charge in [0.2, 0.25) is 0 Å². The van der Waals surface area contributed by atoms with Crippen LogP contribution in [-0.2, 0) is 24.0 Å². The molecule has 1 aromatic carbocycles. The van der Waals surface area contributed by atoms with Gasteiger partial charge in [0.05, 0.1) is 23.4 Å². The summed E-state index contributed by atoms with van der Waals surface area (Å²) in [6.07, 6.45) is 7.51. The third-order valence-electron chi connectivity index (χ3n) is 6.45. The van der Waals surface area contributed by atoms with E-state index in [9.17, 15) is 0 Å². The summed E-state index contributed by atoms with van der Waals surface area (Å²) in [5, 5.41) is 2.37. The van der Waals surface area contributed by atoms with Crippen molar-refractivity contribution in [2.75, 3.05) is 37.0 Å². The zero-order valence-corrected chi connectivity index (χ0v) is 19.7. The summed E-state index contributed by atoms with van der Waals surface area (Å²) in [6, 6.07) is 10.7. The number of morpholine rings is 1. The number of hydrogen-bond donors (Lipinski definition) is 0. The van der Waals surface area contributed by atoms with E-state index < -0.39 is 0 Å². The standard InChI is InChI=1S/C25H26N4OS2/c1-2-6-17(7-3-1)10-15-31-25-22-21(26-16-27-25)20-18-8-4-5-9-19(18)23(28-24(20)32-22)29-11-13-30-14-12-29/h1-3,6-7,16H,4-5,8-15H2. The summed E-state index contributed by atoms with van der Waals surface area (Å²) in [4.78, 5) is 18.2. The van der Waals surface area contributed by atoms with E-state index in [1.807, 2.05) is 11.8 Å². The predicted octanol–water partition coefficient (Wildman–Crippen LogP) is 5.29. The number of anilines is 1. The molecule has 4 heterocycles. The fourth-order valence-electron chi connectivity index (χ4n) is 4.87. The molecule has 0 spiro atoms. The smallest absolute Gasteiger partial charge is 0.133 e. The van der Waals surface area contributed by atoms with E-state index in [2.05, 4.69) is 40.2 Å². The monoisotopic (exact) mass is 462 g/mol. The first-order valence-electron chi connectivity index (χ1n) is 11.5. The second-order valence-electron chi connectivity index (χ2n) is 8.42. The van der Waals surface area contributed by atoms with Crippen molar-refractivity contribution in [3.05, 3.63) is 53.3 Å². The molecule has 0 radical (unpaired) electrons. The minimum Gasteiger partial charge on any atom is -0.378 e. The van der Waals surface area contributed by atoms with Crippen LogP contribution >= 0.6 is 23.1 Å². The summed E-state index contributed by atoms with van der Waals surface area (Å²) >= 11 is 3.60. The van der Waals surface area contributed by atoms with Gasteiger partial charge in [-0.1, -0.05) is 30.3 Å². The Bertz CT molecular complexity index is 1250. The highest BCUT2D eigenvalue weighted by molar-refractivity contribution is 7.99. The SMILES string of the molecule is c1ccc(CCSc2ncnc3c2sc2nc(N4CCOCC4)c4c(c23)CCCC4)cc1. The van der Waals surface area contributed by atoms with Crippen LogP contribution in [0.2, 0.25) is 0 Å². The van der Waals surface area contributed by atoms with E-state index in [4.69, 9.17) is 14.7 Å². The predicted molar refractivity (Wildman–Crippen MR) is 133 cm³/mol. The van der Waals surface area contributed by atoms with Crippen molar-refractivity contribution in [3.8, 4) is 0 Å². The normalized spacial score (nSPS) is 16.6. The molecule has 0 saturated carbocycles. The molecule has 164 valence electrons. The molecule has 4 aromatic rings. The van der Waals surface area contributed by atoms with Gasteiger partial charge < -0.3 is 9.64 Å². The van der Waals surface area contributed by atoms with E-state index in [1.54, 1.807) is 17.7 Å². The molecule has 0 amide bonds. The fraction of sp³-hybridized carbons (Fsp3) is 0.400. The molecule has 1 saturated heterocycles. The second-order valence-corrected chi connectivity index (χ2v) is 10.5. The molecule has 1 fully saturated rings. The molecule has 32 heavy (non-hydrogen) atoms. The number of hydrogen-bond acceptors (Lipinski definition) is 7. The van der Waals surface area contributed by atoms with Gasteiger partial charge in [-0.05, 0) is 48.8 Å². The van der Waals surface area contributed by atoms with Crippen molar-refractivity contribution in [2.24, 2.45) is 0 Å². The van der Waals surface area contributed by atoms with Crippen LogP contribution in [0.1, 0.15) is 29.5 Å². The Morgan fingerprint density at radius 2 is 1.81 bits per heavy atom. The minimum atomic E-state index is 0.786. The Morgan fingerprint density at radius 1 is 1.00 bits per heavy atom. The van der Waals surface area contributed by atoms with Crippen LogP contribution in [0, 0.1) is 0 Å². The number of aromatic nitrogens is 3. The number of thiophene rings is 1. The Morgan fingerprint density at radius 3 is 2.66 bits per heavy atom. The van der Waals surface area contributed by atoms with Crippen LogP contribution < -0.4 is 4.90 Å². The van der Waals surface area contributed by atoms with Crippen LogP contribution in [0.25, 0.3) is 20.4 Å². The van der Waals surface area contributed by atoms with Crippen LogP contribution in [-0.4, -0.2) is 47.0 Å². The summed E-state index contributed by atoms with van der Waals surface area (Å²) in [6.45, 7) is 3.43. The molecular formula is C25H26N4OS2. The molecule has 1 aliphatic heterocycles. The van der Waals surface area contributed by atoms with Crippen molar-refractivity contribution in [3.63, 3.8) is 0 Å². The molecule has 3 aromatic heterocycles. The summed E-state index contributed by atoms with van der Waals surface area (Å²) in [5.41, 5.74) is 5.39. The molecule has 6 rings (SSSR count). The van der Waals surface area contributed by atoms with Gasteiger partial charge in [-0.3, -0.25) is 0 Å². The van der Waals surface area contributed by atoms with Gasteiger partial charge in [0.15, 0.2) is 0 Å². The molecule has 2 aliphatic rings. The molecule has 0 bridgehead atoms. The molecular weight excluding hydrogens is 436 g/mol. The number of thioether (sulfide) groups is 1. The highest BCUT2D eigenvalue weighted by Gasteiger charge is 2.26. The highest BCUT2D eigenvalue weighted by Crippen LogP contribution is 2.43. The number of benzene rings is 1. The molecule has 5 nitrogen and oxygen atoms in total. The highest BCUT2D eigenvalue weighted by atomic mass is 32.2. The lowest BCUT2D eigenvalue weighted by Gasteiger charge is -2.31. The average molecular weight is 463 g/mol. The van der Waals surface area contributed by atoms with Crippen molar-refractivity contribution in [1.29, 1.82) is 0 Å². The Balaban J connectivity index is 1.40. The number of nitrogens with zero attached hydrogens (tertiary/aromatic N) is 4. The lowest BCUT2D eigenvalue weighted by molar-refractivity contribution is 0.122. The third kappa shape index (κ3) is 3.76. The van der Waals surface area contributed by atoms with Crippen molar-refractivity contribution >= 4 is 49.3 Å². The summed E-state index contributed by atoms with van der Waals surface area (Å²) in [7, 11) is 0. The number of aryl methyl sites for hydroxylation is 2. The van der Waals surface area contributed by atoms with Gasteiger partial charge >= 0.3 is 0 Å². The van der Waals surface area contributed by atoms with E-state index in [0.29, 0.717) is 0 Å². The number of ether oxygens (including phenoxy) is 1. The molecule has 0 atom stereocenters. The first kappa shape index (κ1) is 20.4. The maximum absolute atomic E-state index is 5.60. The number of fused-ring (bicyclic) bond motifs is 5. The van der Waals surface area contributed by atoms with Gasteiger partial charge in [0.1, 0.15) is 22.0 Å². The summed E-state index contributed by atoms with van der Waals surface area (Å²) < 4.78 is 6.79. The zero-order chi connectivity index (χ0) is 21.3. The quantitative estimate of drug-likeness (QED) is 0.297.